The quantitative estimate of drug-likeness (QED) is 0.631. The van der Waals surface area contributed by atoms with E-state index in [1.807, 2.05) is 31.2 Å². The highest BCUT2D eigenvalue weighted by Gasteiger charge is 2.15. The number of carbonyl (C=O) groups excluding carboxylic acids is 1. The second-order valence-corrected chi connectivity index (χ2v) is 6.05. The molecule has 8 heteroatoms. The highest BCUT2D eigenvalue weighted by Crippen LogP contribution is 2.30. The summed E-state index contributed by atoms with van der Waals surface area (Å²) in [4.78, 5) is 11.9. The number of rotatable bonds is 7. The molecule has 0 aliphatic rings. The van der Waals surface area contributed by atoms with Crippen LogP contribution in [0.15, 0.2) is 58.2 Å². The molecule has 2 aromatic carbocycles. The number of nitrogens with one attached hydrogen (secondary N) is 1. The fourth-order valence-corrected chi connectivity index (χ4v) is 2.74. The Labute approximate surface area is 153 Å². The maximum Gasteiger partial charge on any atom is 0.277 e. The molecule has 3 rings (SSSR count). The lowest BCUT2D eigenvalue weighted by Crippen LogP contribution is -2.14. The highest BCUT2D eigenvalue weighted by atomic mass is 32.2. The fourth-order valence-electron chi connectivity index (χ4n) is 2.18. The van der Waals surface area contributed by atoms with E-state index in [4.69, 9.17) is 9.15 Å². The van der Waals surface area contributed by atoms with Crippen LogP contribution >= 0.6 is 11.8 Å². The molecule has 0 unspecified atom stereocenters. The van der Waals surface area contributed by atoms with Gasteiger partial charge in [-0.3, -0.25) is 4.79 Å². The first kappa shape index (κ1) is 17.9. The zero-order chi connectivity index (χ0) is 18.4. The summed E-state index contributed by atoms with van der Waals surface area (Å²) in [6, 6.07) is 13.3. The van der Waals surface area contributed by atoms with Crippen molar-refractivity contribution in [2.45, 2.75) is 12.1 Å². The lowest BCUT2D eigenvalue weighted by atomic mass is 10.2. The number of nitrogens with zero attached hydrogens (tertiary/aromatic N) is 2. The van der Waals surface area contributed by atoms with Crippen molar-refractivity contribution in [2.24, 2.45) is 0 Å². The first-order chi connectivity index (χ1) is 12.7. The molecule has 1 N–H and O–H groups in total. The Morgan fingerprint density at radius 2 is 1.96 bits per heavy atom. The van der Waals surface area contributed by atoms with E-state index < -0.39 is 5.82 Å². The van der Waals surface area contributed by atoms with Gasteiger partial charge in [0.05, 0.1) is 23.6 Å². The van der Waals surface area contributed by atoms with Gasteiger partial charge in [0.2, 0.25) is 5.91 Å². The molecule has 0 atom stereocenters. The number of anilines is 1. The van der Waals surface area contributed by atoms with Gasteiger partial charge in [-0.15, -0.1) is 10.2 Å². The molecule has 0 fully saturated rings. The lowest BCUT2D eigenvalue weighted by Gasteiger charge is -2.06. The minimum absolute atomic E-state index is 0.0169. The molecule has 1 aromatic heterocycles. The van der Waals surface area contributed by atoms with E-state index in [9.17, 15) is 9.18 Å². The minimum Gasteiger partial charge on any atom is -0.493 e. The maximum absolute atomic E-state index is 13.5. The molecule has 6 nitrogen and oxygen atoms in total. The predicted octanol–water partition coefficient (Wildman–Crippen LogP) is 4.01. The van der Waals surface area contributed by atoms with Gasteiger partial charge >= 0.3 is 0 Å². The number of hydrogen-bond donors (Lipinski definition) is 1. The van der Waals surface area contributed by atoms with E-state index in [1.54, 1.807) is 12.1 Å². The second-order valence-electron chi connectivity index (χ2n) is 5.12. The van der Waals surface area contributed by atoms with Crippen LogP contribution in [0, 0.1) is 5.82 Å². The normalized spacial score (nSPS) is 10.5. The van der Waals surface area contributed by atoms with Gasteiger partial charge in [-0.05, 0) is 31.2 Å². The second kappa shape index (κ2) is 8.48. The van der Waals surface area contributed by atoms with Crippen LogP contribution in [0.2, 0.25) is 0 Å². The Bertz CT molecular complexity index is 901. The van der Waals surface area contributed by atoms with Crippen LogP contribution < -0.4 is 10.1 Å². The fraction of sp³-hybridized carbons (Fsp3) is 0.167. The van der Waals surface area contributed by atoms with Gasteiger partial charge in [-0.2, -0.15) is 0 Å². The number of carbonyl (C=O) groups is 1. The predicted molar refractivity (Wildman–Crippen MR) is 96.7 cm³/mol. The van der Waals surface area contributed by atoms with E-state index in [-0.39, 0.29) is 22.6 Å². The van der Waals surface area contributed by atoms with E-state index in [0.29, 0.717) is 23.8 Å². The molecule has 0 bridgehead atoms. The Balaban J connectivity index is 1.62. The summed E-state index contributed by atoms with van der Waals surface area (Å²) in [6.07, 6.45) is 0. The standard InChI is InChI=1S/C18H16FN3O3S/c1-2-24-15-10-6-3-7-12(15)17-21-22-18(25-17)26-11-16(23)20-14-9-5-4-8-13(14)19/h3-10H,2,11H2,1H3,(H,20,23). The van der Waals surface area contributed by atoms with Crippen molar-refractivity contribution in [3.63, 3.8) is 0 Å². The Morgan fingerprint density at radius 1 is 1.19 bits per heavy atom. The number of para-hydroxylation sites is 2. The van der Waals surface area contributed by atoms with Crippen LogP contribution in [-0.4, -0.2) is 28.5 Å². The molecule has 0 spiro atoms. The van der Waals surface area contributed by atoms with Crippen LogP contribution in [0.1, 0.15) is 6.92 Å². The highest BCUT2D eigenvalue weighted by molar-refractivity contribution is 7.99. The Morgan fingerprint density at radius 3 is 2.77 bits per heavy atom. The molecular formula is C18H16FN3O3S. The molecule has 134 valence electrons. The topological polar surface area (TPSA) is 77.2 Å². The van der Waals surface area contributed by atoms with E-state index in [2.05, 4.69) is 15.5 Å². The van der Waals surface area contributed by atoms with Gasteiger partial charge in [-0.25, -0.2) is 4.39 Å². The minimum atomic E-state index is -0.488. The monoisotopic (exact) mass is 373 g/mol. The van der Waals surface area contributed by atoms with Gasteiger partial charge in [0.1, 0.15) is 11.6 Å². The molecule has 0 aliphatic carbocycles. The van der Waals surface area contributed by atoms with E-state index in [0.717, 1.165) is 11.8 Å². The van der Waals surface area contributed by atoms with Gasteiger partial charge in [0, 0.05) is 0 Å². The lowest BCUT2D eigenvalue weighted by molar-refractivity contribution is -0.113. The molecule has 0 radical (unpaired) electrons. The summed E-state index contributed by atoms with van der Waals surface area (Å²) in [5.74, 6) is 0.120. The summed E-state index contributed by atoms with van der Waals surface area (Å²) in [6.45, 7) is 2.41. The van der Waals surface area contributed by atoms with Crippen molar-refractivity contribution in [1.29, 1.82) is 0 Å². The number of amides is 1. The van der Waals surface area contributed by atoms with Gasteiger partial charge in [0.15, 0.2) is 0 Å². The van der Waals surface area contributed by atoms with Crippen LogP contribution in [0.5, 0.6) is 5.75 Å². The molecule has 1 amide bonds. The van der Waals surface area contributed by atoms with Gasteiger partial charge in [0.25, 0.3) is 11.1 Å². The number of ether oxygens (including phenoxy) is 1. The van der Waals surface area contributed by atoms with Crippen molar-refractivity contribution in [3.05, 3.63) is 54.3 Å². The number of halogens is 1. The van der Waals surface area contributed by atoms with Crippen LogP contribution in [0.4, 0.5) is 10.1 Å². The molecule has 26 heavy (non-hydrogen) atoms. The smallest absolute Gasteiger partial charge is 0.277 e. The van der Waals surface area contributed by atoms with Crippen LogP contribution in [-0.2, 0) is 4.79 Å². The molecule has 0 saturated heterocycles. The SMILES string of the molecule is CCOc1ccccc1-c1nnc(SCC(=O)Nc2ccccc2F)o1. The number of hydrogen-bond acceptors (Lipinski definition) is 6. The molecular weight excluding hydrogens is 357 g/mol. The third-order valence-corrected chi connectivity index (χ3v) is 4.12. The number of benzene rings is 2. The zero-order valence-corrected chi connectivity index (χ0v) is 14.8. The van der Waals surface area contributed by atoms with Crippen molar-refractivity contribution in [1.82, 2.24) is 10.2 Å². The van der Waals surface area contributed by atoms with Gasteiger partial charge in [-0.1, -0.05) is 36.0 Å². The molecule has 1 heterocycles. The van der Waals surface area contributed by atoms with E-state index in [1.165, 1.54) is 12.1 Å². The average Bonchev–Trinajstić information content (AvgIpc) is 3.12. The van der Waals surface area contributed by atoms with Crippen molar-refractivity contribution in [3.8, 4) is 17.2 Å². The number of aromatic nitrogens is 2. The maximum atomic E-state index is 13.5. The van der Waals surface area contributed by atoms with Crippen molar-refractivity contribution < 1.29 is 18.3 Å². The Kier molecular flexibility index (Phi) is 5.85. The molecule has 0 aliphatic heterocycles. The summed E-state index contributed by atoms with van der Waals surface area (Å²) in [7, 11) is 0. The van der Waals surface area contributed by atoms with Crippen molar-refractivity contribution in [2.75, 3.05) is 17.7 Å². The van der Waals surface area contributed by atoms with Gasteiger partial charge < -0.3 is 14.5 Å². The third-order valence-electron chi connectivity index (χ3n) is 3.30. The van der Waals surface area contributed by atoms with E-state index >= 15 is 0 Å². The largest absolute Gasteiger partial charge is 0.493 e. The first-order valence-corrected chi connectivity index (χ1v) is 8.89. The molecule has 3 aromatic rings. The van der Waals surface area contributed by atoms with Crippen LogP contribution in [0.25, 0.3) is 11.5 Å². The average molecular weight is 373 g/mol. The summed E-state index contributed by atoms with van der Waals surface area (Å²) < 4.78 is 24.7. The summed E-state index contributed by atoms with van der Waals surface area (Å²) >= 11 is 1.07. The molecule has 0 saturated carbocycles. The summed E-state index contributed by atoms with van der Waals surface area (Å²) in [5.41, 5.74) is 0.819. The van der Waals surface area contributed by atoms with Crippen molar-refractivity contribution >= 4 is 23.4 Å². The number of thioether (sulfide) groups is 1. The Hall–Kier alpha value is -2.87. The van der Waals surface area contributed by atoms with Crippen LogP contribution in [0.3, 0.4) is 0 Å². The third kappa shape index (κ3) is 4.40. The summed E-state index contributed by atoms with van der Waals surface area (Å²) in [5, 5.41) is 10.7. The zero-order valence-electron chi connectivity index (χ0n) is 13.9. The first-order valence-electron chi connectivity index (χ1n) is 7.90.